The fraction of sp³-hybridized carbons (Fsp3) is 0.533. The van der Waals surface area contributed by atoms with E-state index in [0.29, 0.717) is 29.4 Å². The molecule has 2 saturated carbocycles. The zero-order valence-corrected chi connectivity index (χ0v) is 22.2. The molecule has 8 heteroatoms. The van der Waals surface area contributed by atoms with E-state index in [0.717, 1.165) is 51.4 Å². The number of nitrogens with one attached hydrogen (secondary N) is 1. The number of nitro benzene ring substituents is 1. The molecule has 0 heterocycles. The van der Waals surface area contributed by atoms with Gasteiger partial charge >= 0.3 is 0 Å². The zero-order chi connectivity index (χ0) is 26.9. The highest BCUT2D eigenvalue weighted by Crippen LogP contribution is 2.32. The number of hydrogen-bond donors (Lipinski definition) is 1. The first-order chi connectivity index (χ1) is 18.4. The van der Waals surface area contributed by atoms with Crippen LogP contribution in [0.5, 0.6) is 11.5 Å². The van der Waals surface area contributed by atoms with E-state index < -0.39 is 0 Å². The van der Waals surface area contributed by atoms with Gasteiger partial charge in [0.1, 0.15) is 11.5 Å². The highest BCUT2D eigenvalue weighted by atomic mass is 16.6. The fourth-order valence-corrected chi connectivity index (χ4v) is 5.88. The summed E-state index contributed by atoms with van der Waals surface area (Å²) in [7, 11) is 1.88. The molecule has 0 radical (unpaired) electrons. The predicted molar refractivity (Wildman–Crippen MR) is 146 cm³/mol. The maximum atomic E-state index is 13.4. The average Bonchev–Trinajstić information content (AvgIpc) is 2.95. The molecule has 2 aliphatic rings. The second-order valence-corrected chi connectivity index (χ2v) is 10.7. The van der Waals surface area contributed by atoms with Crippen LogP contribution in [-0.2, 0) is 11.3 Å². The normalized spacial score (nSPS) is 20.7. The molecule has 2 fully saturated rings. The van der Waals surface area contributed by atoms with Crippen LogP contribution in [0, 0.1) is 33.3 Å². The number of nitro groups is 1. The molecule has 0 bridgehead atoms. The average molecular weight is 519 g/mol. The van der Waals surface area contributed by atoms with Gasteiger partial charge in [0.15, 0.2) is 0 Å². The number of amides is 1. The molecule has 2 aliphatic carbocycles. The van der Waals surface area contributed by atoms with Crippen molar-refractivity contribution >= 4 is 11.6 Å². The molecule has 1 atom stereocenters. The summed E-state index contributed by atoms with van der Waals surface area (Å²) in [6.45, 7) is 0.285. The molecule has 0 unspecified atom stereocenters. The van der Waals surface area contributed by atoms with Crippen LogP contribution in [0.15, 0.2) is 48.5 Å². The van der Waals surface area contributed by atoms with E-state index in [-0.39, 0.29) is 41.1 Å². The van der Waals surface area contributed by atoms with Gasteiger partial charge in [-0.3, -0.25) is 14.9 Å². The summed E-state index contributed by atoms with van der Waals surface area (Å²) < 4.78 is 5.92. The number of hydrogen-bond acceptors (Lipinski definition) is 6. The summed E-state index contributed by atoms with van der Waals surface area (Å²) in [6.07, 6.45) is 9.39. The number of ether oxygens (including phenoxy) is 1. The van der Waals surface area contributed by atoms with Crippen molar-refractivity contribution in [2.75, 3.05) is 7.05 Å². The Hall–Kier alpha value is -3.44. The van der Waals surface area contributed by atoms with Gasteiger partial charge in [0.25, 0.3) is 5.69 Å². The van der Waals surface area contributed by atoms with E-state index >= 15 is 0 Å². The van der Waals surface area contributed by atoms with E-state index in [9.17, 15) is 20.2 Å². The highest BCUT2D eigenvalue weighted by molar-refractivity contribution is 5.77. The second kappa shape index (κ2) is 13.4. The second-order valence-electron chi connectivity index (χ2n) is 10.7. The monoisotopic (exact) mass is 518 g/mol. The number of benzene rings is 2. The Morgan fingerprint density at radius 1 is 1.08 bits per heavy atom. The number of para-hydroxylation sites is 1. The van der Waals surface area contributed by atoms with Crippen molar-refractivity contribution in [1.29, 1.82) is 5.26 Å². The third-order valence-electron chi connectivity index (χ3n) is 8.22. The lowest BCUT2D eigenvalue weighted by molar-refractivity contribution is -0.385. The minimum atomic E-state index is -0.366. The van der Waals surface area contributed by atoms with Gasteiger partial charge in [-0.15, -0.1) is 0 Å². The molecule has 8 nitrogen and oxygen atoms in total. The first-order valence-corrected chi connectivity index (χ1v) is 13.8. The van der Waals surface area contributed by atoms with Crippen molar-refractivity contribution in [2.24, 2.45) is 11.8 Å². The number of carbonyl (C=O) groups excluding carboxylic acids is 1. The van der Waals surface area contributed by atoms with Gasteiger partial charge in [-0.1, -0.05) is 37.5 Å². The van der Waals surface area contributed by atoms with Gasteiger partial charge in [-0.2, -0.15) is 5.26 Å². The van der Waals surface area contributed by atoms with Crippen LogP contribution < -0.4 is 10.1 Å². The lowest BCUT2D eigenvalue weighted by Crippen LogP contribution is -2.45. The molecule has 2 aromatic carbocycles. The molecule has 2 aromatic rings. The molecule has 202 valence electrons. The summed E-state index contributed by atoms with van der Waals surface area (Å²) >= 11 is 0. The molecular weight excluding hydrogens is 480 g/mol. The third-order valence-corrected chi connectivity index (χ3v) is 8.22. The Kier molecular flexibility index (Phi) is 9.72. The predicted octanol–water partition coefficient (Wildman–Crippen LogP) is 6.36. The first kappa shape index (κ1) is 27.6. The Balaban J connectivity index is 1.46. The number of rotatable bonds is 10. The molecule has 0 aromatic heterocycles. The SMILES string of the molecule is CN(C(=O)C[C@H](NCc1cc(Oc2ccccc2)ccc1[N+](=O)[O-])C1CCCCC1)C1CCC(C#N)CC1. The van der Waals surface area contributed by atoms with Crippen LogP contribution in [0.4, 0.5) is 5.69 Å². The summed E-state index contributed by atoms with van der Waals surface area (Å²) in [6, 6.07) is 16.6. The third kappa shape index (κ3) is 7.32. The van der Waals surface area contributed by atoms with Crippen LogP contribution in [0.25, 0.3) is 0 Å². The minimum absolute atomic E-state index is 0.0398. The Labute approximate surface area is 225 Å². The quantitative estimate of drug-likeness (QED) is 0.290. The van der Waals surface area contributed by atoms with E-state index in [1.807, 2.05) is 42.3 Å². The van der Waals surface area contributed by atoms with Crippen LogP contribution in [0.2, 0.25) is 0 Å². The Morgan fingerprint density at radius 3 is 2.45 bits per heavy atom. The molecular formula is C30H38N4O4. The van der Waals surface area contributed by atoms with Gasteiger partial charge in [-0.05, 0) is 68.7 Å². The molecule has 4 rings (SSSR count). The lowest BCUT2D eigenvalue weighted by Gasteiger charge is -2.36. The maximum absolute atomic E-state index is 13.4. The minimum Gasteiger partial charge on any atom is -0.457 e. The van der Waals surface area contributed by atoms with Crippen molar-refractivity contribution in [2.45, 2.75) is 82.8 Å². The maximum Gasteiger partial charge on any atom is 0.274 e. The van der Waals surface area contributed by atoms with Crippen molar-refractivity contribution in [1.82, 2.24) is 10.2 Å². The van der Waals surface area contributed by atoms with Crippen LogP contribution in [-0.4, -0.2) is 34.9 Å². The Bertz CT molecular complexity index is 1120. The fourth-order valence-electron chi connectivity index (χ4n) is 5.88. The van der Waals surface area contributed by atoms with Crippen LogP contribution in [0.3, 0.4) is 0 Å². The standard InChI is InChI=1S/C30H38N4O4/c1-33(25-14-12-22(20-31)13-15-25)30(35)19-28(23-8-4-2-5-9-23)32-21-24-18-27(16-17-29(24)34(36)37)38-26-10-6-3-7-11-26/h3,6-7,10-11,16-18,22-23,25,28,32H,2,4-5,8-9,12-15,19,21H2,1H3/t22?,25?,28-/m0/s1. The van der Waals surface area contributed by atoms with Crippen molar-refractivity contribution in [3.05, 3.63) is 64.2 Å². The van der Waals surface area contributed by atoms with E-state index in [2.05, 4.69) is 11.4 Å². The molecule has 0 aliphatic heterocycles. The van der Waals surface area contributed by atoms with E-state index in [1.165, 1.54) is 12.5 Å². The van der Waals surface area contributed by atoms with Gasteiger partial charge in [0.2, 0.25) is 5.91 Å². The van der Waals surface area contributed by atoms with Crippen LogP contribution >= 0.6 is 0 Å². The topological polar surface area (TPSA) is 108 Å². The highest BCUT2D eigenvalue weighted by Gasteiger charge is 2.31. The zero-order valence-electron chi connectivity index (χ0n) is 22.2. The summed E-state index contributed by atoms with van der Waals surface area (Å²) in [5.41, 5.74) is 0.581. The van der Waals surface area contributed by atoms with Gasteiger partial charge < -0.3 is 15.0 Å². The van der Waals surface area contributed by atoms with Gasteiger partial charge in [0.05, 0.1) is 11.0 Å². The van der Waals surface area contributed by atoms with Crippen molar-refractivity contribution < 1.29 is 14.5 Å². The molecule has 0 spiro atoms. The van der Waals surface area contributed by atoms with Crippen LogP contribution in [0.1, 0.15) is 69.8 Å². The molecule has 1 N–H and O–H groups in total. The van der Waals surface area contributed by atoms with Crippen molar-refractivity contribution in [3.8, 4) is 17.6 Å². The number of carbonyl (C=O) groups is 1. The molecule has 1 amide bonds. The lowest BCUT2D eigenvalue weighted by atomic mass is 9.82. The summed E-state index contributed by atoms with van der Waals surface area (Å²) in [4.78, 5) is 26.7. The Morgan fingerprint density at radius 2 is 1.79 bits per heavy atom. The van der Waals surface area contributed by atoms with E-state index in [1.54, 1.807) is 12.1 Å². The smallest absolute Gasteiger partial charge is 0.274 e. The largest absolute Gasteiger partial charge is 0.457 e. The van der Waals surface area contributed by atoms with Crippen molar-refractivity contribution in [3.63, 3.8) is 0 Å². The molecule has 0 saturated heterocycles. The van der Waals surface area contributed by atoms with Gasteiger partial charge in [-0.25, -0.2) is 0 Å². The molecule has 38 heavy (non-hydrogen) atoms. The first-order valence-electron chi connectivity index (χ1n) is 13.8. The summed E-state index contributed by atoms with van der Waals surface area (Å²) in [5, 5.41) is 24.5. The number of nitriles is 1. The van der Waals surface area contributed by atoms with Gasteiger partial charge in [0, 0.05) is 49.6 Å². The summed E-state index contributed by atoms with van der Waals surface area (Å²) in [5.74, 6) is 1.76. The van der Waals surface area contributed by atoms with E-state index in [4.69, 9.17) is 4.74 Å². The number of nitrogens with zero attached hydrogens (tertiary/aromatic N) is 3.